The van der Waals surface area contributed by atoms with Gasteiger partial charge in [0.05, 0.1) is 6.10 Å². The molecule has 2 N–H and O–H groups in total. The van der Waals surface area contributed by atoms with Crippen LogP contribution in [-0.4, -0.2) is 40.3 Å². The molecule has 0 radical (unpaired) electrons. The molecular formula is C23H36O5. The summed E-state index contributed by atoms with van der Waals surface area (Å²) in [4.78, 5) is 24.3. The van der Waals surface area contributed by atoms with Crippen molar-refractivity contribution in [2.75, 3.05) is 0 Å². The number of carbonyl (C=O) groups excluding carboxylic acids is 2. The first-order chi connectivity index (χ1) is 13.1. The van der Waals surface area contributed by atoms with Crippen LogP contribution in [0.4, 0.5) is 0 Å². The zero-order chi connectivity index (χ0) is 20.4. The Labute approximate surface area is 168 Å². The summed E-state index contributed by atoms with van der Waals surface area (Å²) >= 11 is 0. The van der Waals surface area contributed by atoms with E-state index < -0.39 is 24.3 Å². The molecule has 0 aliphatic heterocycles. The molecule has 0 heterocycles. The van der Waals surface area contributed by atoms with E-state index in [1.807, 2.05) is 0 Å². The minimum atomic E-state index is -1.01. The highest BCUT2D eigenvalue weighted by Crippen LogP contribution is 2.67. The molecular weight excluding hydrogens is 356 g/mol. The van der Waals surface area contributed by atoms with Gasteiger partial charge in [0.15, 0.2) is 0 Å². The van der Waals surface area contributed by atoms with Crippen molar-refractivity contribution in [2.24, 2.45) is 40.4 Å². The molecule has 28 heavy (non-hydrogen) atoms. The van der Waals surface area contributed by atoms with E-state index in [4.69, 9.17) is 4.74 Å². The molecule has 0 amide bonds. The maximum absolute atomic E-state index is 12.8. The number of aliphatic hydroxyl groups is 2. The number of esters is 1. The van der Waals surface area contributed by atoms with Gasteiger partial charge in [-0.1, -0.05) is 20.8 Å². The van der Waals surface area contributed by atoms with Gasteiger partial charge in [0.25, 0.3) is 0 Å². The third kappa shape index (κ3) is 2.72. The monoisotopic (exact) mass is 392 g/mol. The van der Waals surface area contributed by atoms with Crippen LogP contribution in [0.5, 0.6) is 0 Å². The highest BCUT2D eigenvalue weighted by atomic mass is 16.6. The molecule has 4 rings (SSSR count). The fourth-order valence-corrected chi connectivity index (χ4v) is 8.27. The van der Waals surface area contributed by atoms with Crippen LogP contribution in [0, 0.1) is 40.4 Å². The van der Waals surface area contributed by atoms with E-state index in [-0.39, 0.29) is 22.7 Å². The van der Waals surface area contributed by atoms with E-state index in [2.05, 4.69) is 20.8 Å². The van der Waals surface area contributed by atoms with Crippen LogP contribution in [0.1, 0.15) is 72.6 Å². The minimum Gasteiger partial charge on any atom is -0.460 e. The average molecular weight is 393 g/mol. The molecule has 158 valence electrons. The first-order valence-corrected chi connectivity index (χ1v) is 11.2. The molecule has 5 heteroatoms. The smallest absolute Gasteiger partial charge is 0.302 e. The summed E-state index contributed by atoms with van der Waals surface area (Å²) in [7, 11) is 0. The van der Waals surface area contributed by atoms with Crippen LogP contribution < -0.4 is 0 Å². The second-order valence-corrected chi connectivity index (χ2v) is 10.6. The zero-order valence-electron chi connectivity index (χ0n) is 17.7. The summed E-state index contributed by atoms with van der Waals surface area (Å²) in [5, 5.41) is 21.4. The summed E-state index contributed by atoms with van der Waals surface area (Å²) in [6, 6.07) is 0. The molecule has 4 aliphatic carbocycles. The van der Waals surface area contributed by atoms with Crippen molar-refractivity contribution < 1.29 is 24.5 Å². The summed E-state index contributed by atoms with van der Waals surface area (Å²) in [5.74, 6) is 1.58. The van der Waals surface area contributed by atoms with Gasteiger partial charge in [0.1, 0.15) is 18.0 Å². The standard InChI is InChI=1S/C23H36O5/c1-5-14-18(25)10-17-13-6-7-16-20(26)21(27)19(28-12(2)24)11-23(16,4)15(13)8-9-22(14,17)3/h13-17,19-21,26-27H,5-11H2,1-4H3/t13-,14+,15+,16?,17+,19?,20?,21?,22-,23-/m1/s1. The largest absolute Gasteiger partial charge is 0.460 e. The lowest BCUT2D eigenvalue weighted by Gasteiger charge is -2.62. The number of Topliss-reactive ketones (excluding diaryl/α,β-unsaturated/α-hetero) is 1. The highest BCUT2D eigenvalue weighted by molar-refractivity contribution is 5.84. The number of ketones is 1. The Morgan fingerprint density at radius 1 is 1.07 bits per heavy atom. The fourth-order valence-electron chi connectivity index (χ4n) is 8.27. The predicted molar refractivity (Wildman–Crippen MR) is 104 cm³/mol. The van der Waals surface area contributed by atoms with Crippen molar-refractivity contribution in [3.8, 4) is 0 Å². The Hall–Kier alpha value is -0.940. The Bertz CT molecular complexity index is 661. The quantitative estimate of drug-likeness (QED) is 0.706. The highest BCUT2D eigenvalue weighted by Gasteiger charge is 2.64. The van der Waals surface area contributed by atoms with Crippen LogP contribution in [0.25, 0.3) is 0 Å². The van der Waals surface area contributed by atoms with Crippen LogP contribution in [0.2, 0.25) is 0 Å². The summed E-state index contributed by atoms with van der Waals surface area (Å²) in [5.41, 5.74) is -0.0609. The fraction of sp³-hybridized carbons (Fsp3) is 0.913. The Morgan fingerprint density at radius 2 is 1.79 bits per heavy atom. The number of carbonyl (C=O) groups is 2. The molecule has 0 aromatic carbocycles. The van der Waals surface area contributed by atoms with Gasteiger partial charge in [-0.05, 0) is 73.0 Å². The molecule has 0 saturated heterocycles. The molecule has 4 aliphatic rings. The maximum Gasteiger partial charge on any atom is 0.302 e. The van der Waals surface area contributed by atoms with Gasteiger partial charge in [0.2, 0.25) is 0 Å². The third-order valence-electron chi connectivity index (χ3n) is 9.50. The number of aliphatic hydroxyl groups excluding tert-OH is 2. The van der Waals surface area contributed by atoms with E-state index in [1.54, 1.807) is 0 Å². The molecule has 0 aromatic heterocycles. The van der Waals surface area contributed by atoms with E-state index in [0.29, 0.717) is 36.4 Å². The van der Waals surface area contributed by atoms with Gasteiger partial charge in [0, 0.05) is 19.3 Å². The van der Waals surface area contributed by atoms with Crippen LogP contribution in [0.3, 0.4) is 0 Å². The van der Waals surface area contributed by atoms with Gasteiger partial charge in [-0.25, -0.2) is 0 Å². The minimum absolute atomic E-state index is 0.0268. The first kappa shape index (κ1) is 20.3. The SMILES string of the molecule is CC[C@H]1C(=O)C[C@H]2[C@@H]3CCC4C(O)C(O)C(OC(C)=O)C[C@]4(C)[C@H]3CC[C@]12C. The van der Waals surface area contributed by atoms with Crippen LogP contribution in [0.15, 0.2) is 0 Å². The van der Waals surface area contributed by atoms with Gasteiger partial charge in [-0.3, -0.25) is 9.59 Å². The Kier molecular flexibility index (Phi) is 4.94. The lowest BCUT2D eigenvalue weighted by molar-refractivity contribution is -0.217. The van der Waals surface area contributed by atoms with Crippen molar-refractivity contribution in [1.82, 2.24) is 0 Å². The second kappa shape index (κ2) is 6.80. The topological polar surface area (TPSA) is 83.8 Å². The molecule has 0 aromatic rings. The summed E-state index contributed by atoms with van der Waals surface area (Å²) < 4.78 is 5.42. The van der Waals surface area contributed by atoms with Gasteiger partial charge >= 0.3 is 5.97 Å². The van der Waals surface area contributed by atoms with Crippen molar-refractivity contribution >= 4 is 11.8 Å². The molecule has 0 spiro atoms. The molecule has 4 fully saturated rings. The van der Waals surface area contributed by atoms with E-state index in [0.717, 1.165) is 32.1 Å². The van der Waals surface area contributed by atoms with Crippen molar-refractivity contribution in [3.05, 3.63) is 0 Å². The number of rotatable bonds is 2. The average Bonchev–Trinajstić information content (AvgIpc) is 2.88. The van der Waals surface area contributed by atoms with E-state index in [9.17, 15) is 19.8 Å². The lowest BCUT2D eigenvalue weighted by Crippen LogP contribution is -2.62. The number of hydrogen-bond acceptors (Lipinski definition) is 5. The lowest BCUT2D eigenvalue weighted by atomic mass is 9.44. The van der Waals surface area contributed by atoms with Crippen LogP contribution in [-0.2, 0) is 14.3 Å². The van der Waals surface area contributed by atoms with E-state index >= 15 is 0 Å². The molecule has 5 nitrogen and oxygen atoms in total. The number of fused-ring (bicyclic) bond motifs is 5. The van der Waals surface area contributed by atoms with Crippen molar-refractivity contribution in [1.29, 1.82) is 0 Å². The summed E-state index contributed by atoms with van der Waals surface area (Å²) in [6.45, 7) is 8.07. The Morgan fingerprint density at radius 3 is 2.43 bits per heavy atom. The van der Waals surface area contributed by atoms with E-state index in [1.165, 1.54) is 6.92 Å². The predicted octanol–water partition coefficient (Wildman–Crippen LogP) is 3.11. The van der Waals surface area contributed by atoms with Gasteiger partial charge in [-0.2, -0.15) is 0 Å². The molecule has 10 atom stereocenters. The first-order valence-electron chi connectivity index (χ1n) is 11.2. The van der Waals surface area contributed by atoms with Gasteiger partial charge in [-0.15, -0.1) is 0 Å². The third-order valence-corrected chi connectivity index (χ3v) is 9.50. The normalized spacial score (nSPS) is 53.1. The second-order valence-electron chi connectivity index (χ2n) is 10.6. The number of hydrogen-bond donors (Lipinski definition) is 2. The number of ether oxygens (including phenoxy) is 1. The Balaban J connectivity index is 1.65. The molecule has 4 saturated carbocycles. The molecule has 4 unspecified atom stereocenters. The van der Waals surface area contributed by atoms with Gasteiger partial charge < -0.3 is 14.9 Å². The molecule has 0 bridgehead atoms. The maximum atomic E-state index is 12.8. The zero-order valence-corrected chi connectivity index (χ0v) is 17.7. The van der Waals surface area contributed by atoms with Crippen LogP contribution >= 0.6 is 0 Å². The van der Waals surface area contributed by atoms with Crippen molar-refractivity contribution in [3.63, 3.8) is 0 Å². The van der Waals surface area contributed by atoms with Crippen molar-refractivity contribution in [2.45, 2.75) is 91.0 Å². The summed E-state index contributed by atoms with van der Waals surface area (Å²) in [6.07, 6.45) is 3.75.